The molecule has 78 valence electrons. The van der Waals surface area contributed by atoms with Gasteiger partial charge in [-0.2, -0.15) is 0 Å². The molecule has 1 aliphatic heterocycles. The van der Waals surface area contributed by atoms with Gasteiger partial charge in [0.1, 0.15) is 0 Å². The summed E-state index contributed by atoms with van der Waals surface area (Å²) in [5.41, 5.74) is 0. The highest BCUT2D eigenvalue weighted by atomic mass is 16.3. The molecule has 0 aromatic heterocycles. The largest absolute Gasteiger partial charge is 0.390 e. The normalized spacial score (nSPS) is 32.3. The van der Waals surface area contributed by atoms with Gasteiger partial charge in [0.2, 0.25) is 0 Å². The lowest BCUT2D eigenvalue weighted by Crippen LogP contribution is -2.39. The Hall–Kier alpha value is -0.120. The van der Waals surface area contributed by atoms with E-state index in [1.165, 1.54) is 6.42 Å². The summed E-state index contributed by atoms with van der Waals surface area (Å²) in [6, 6.07) is 0.640. The van der Waals surface area contributed by atoms with Gasteiger partial charge in [0.05, 0.1) is 6.10 Å². The smallest absolute Gasteiger partial charge is 0.0791 e. The van der Waals surface area contributed by atoms with Crippen LogP contribution in [0.25, 0.3) is 0 Å². The molecule has 3 atom stereocenters. The van der Waals surface area contributed by atoms with Crippen LogP contribution < -0.4 is 5.32 Å². The molecule has 1 aliphatic rings. The minimum absolute atomic E-state index is 0.224. The van der Waals surface area contributed by atoms with Crippen LogP contribution >= 0.6 is 0 Å². The molecule has 1 saturated heterocycles. The zero-order valence-corrected chi connectivity index (χ0v) is 8.95. The van der Waals surface area contributed by atoms with E-state index in [-0.39, 0.29) is 6.10 Å². The number of likely N-dealkylation sites (N-methyl/N-ethyl adjacent to an activating group) is 1. The zero-order chi connectivity index (χ0) is 9.84. The van der Waals surface area contributed by atoms with Crippen LogP contribution in [0.5, 0.6) is 0 Å². The molecule has 2 N–H and O–H groups in total. The molecule has 0 spiro atoms. The molecule has 0 bridgehead atoms. The third-order valence-electron chi connectivity index (χ3n) is 2.80. The van der Waals surface area contributed by atoms with Crippen molar-refractivity contribution in [3.05, 3.63) is 0 Å². The fourth-order valence-corrected chi connectivity index (χ4v) is 2.21. The Bertz CT molecular complexity index is 152. The topological polar surface area (TPSA) is 35.5 Å². The Morgan fingerprint density at radius 2 is 2.23 bits per heavy atom. The fraction of sp³-hybridized carbons (Fsp3) is 1.00. The van der Waals surface area contributed by atoms with Gasteiger partial charge in [0, 0.05) is 25.7 Å². The first-order chi connectivity index (χ1) is 6.13. The first-order valence-electron chi connectivity index (χ1n) is 5.20. The van der Waals surface area contributed by atoms with Gasteiger partial charge in [0.15, 0.2) is 0 Å². The van der Waals surface area contributed by atoms with E-state index in [1.54, 1.807) is 0 Å². The van der Waals surface area contributed by atoms with Crippen LogP contribution in [-0.4, -0.2) is 48.8 Å². The number of nitrogens with one attached hydrogen (secondary N) is 1. The van der Waals surface area contributed by atoms with Crippen molar-refractivity contribution in [3.8, 4) is 0 Å². The number of nitrogens with zero attached hydrogens (tertiary/aromatic N) is 1. The predicted octanol–water partition coefficient (Wildman–Crippen LogP) is 0.297. The molecule has 0 aliphatic carbocycles. The Labute approximate surface area is 81.1 Å². The molecule has 1 heterocycles. The van der Waals surface area contributed by atoms with Gasteiger partial charge in [-0.1, -0.05) is 6.92 Å². The third-order valence-corrected chi connectivity index (χ3v) is 2.80. The van der Waals surface area contributed by atoms with Gasteiger partial charge in [-0.05, 0) is 26.3 Å². The summed E-state index contributed by atoms with van der Waals surface area (Å²) in [5.74, 6) is 0.789. The summed E-state index contributed by atoms with van der Waals surface area (Å²) in [6.07, 6.45) is 1.05. The van der Waals surface area contributed by atoms with E-state index in [1.807, 2.05) is 7.05 Å². The minimum Gasteiger partial charge on any atom is -0.390 e. The van der Waals surface area contributed by atoms with Crippen LogP contribution in [0.4, 0.5) is 0 Å². The molecule has 1 fully saturated rings. The van der Waals surface area contributed by atoms with Crippen molar-refractivity contribution in [1.29, 1.82) is 0 Å². The minimum atomic E-state index is -0.224. The Kier molecular flexibility index (Phi) is 4.16. The number of aliphatic hydroxyl groups excluding tert-OH is 1. The molecule has 13 heavy (non-hydrogen) atoms. The van der Waals surface area contributed by atoms with E-state index in [9.17, 15) is 5.11 Å². The van der Waals surface area contributed by atoms with E-state index in [0.717, 1.165) is 19.0 Å². The molecule has 1 rings (SSSR count). The number of hydrogen-bond donors (Lipinski definition) is 2. The van der Waals surface area contributed by atoms with Gasteiger partial charge in [-0.3, -0.25) is 4.90 Å². The van der Waals surface area contributed by atoms with Crippen LogP contribution in [0, 0.1) is 5.92 Å². The summed E-state index contributed by atoms with van der Waals surface area (Å²) in [6.45, 7) is 7.17. The molecule has 3 heteroatoms. The van der Waals surface area contributed by atoms with Gasteiger partial charge >= 0.3 is 0 Å². The molecule has 3 unspecified atom stereocenters. The fourth-order valence-electron chi connectivity index (χ4n) is 2.21. The zero-order valence-electron chi connectivity index (χ0n) is 8.95. The van der Waals surface area contributed by atoms with Gasteiger partial charge in [0.25, 0.3) is 0 Å². The lowest BCUT2D eigenvalue weighted by atomic mass is 10.1. The Balaban J connectivity index is 2.28. The third kappa shape index (κ3) is 3.25. The quantitative estimate of drug-likeness (QED) is 0.663. The maximum Gasteiger partial charge on any atom is 0.0791 e. The molecule has 0 aromatic carbocycles. The van der Waals surface area contributed by atoms with Crippen molar-refractivity contribution >= 4 is 0 Å². The lowest BCUT2D eigenvalue weighted by molar-refractivity contribution is 0.109. The second kappa shape index (κ2) is 4.94. The van der Waals surface area contributed by atoms with Crippen LogP contribution in [0.15, 0.2) is 0 Å². The van der Waals surface area contributed by atoms with Crippen molar-refractivity contribution in [2.75, 3.05) is 26.7 Å². The average Bonchev–Trinajstić information content (AvgIpc) is 2.30. The number of aliphatic hydroxyl groups is 1. The van der Waals surface area contributed by atoms with Crippen LogP contribution in [0.3, 0.4) is 0 Å². The highest BCUT2D eigenvalue weighted by Crippen LogP contribution is 2.21. The molecule has 0 aromatic rings. The number of hydrogen-bond acceptors (Lipinski definition) is 3. The maximum absolute atomic E-state index is 9.61. The number of β-amino-alcohol motifs (C(OH)–C–C–N with tert-alkyl or cyclic N) is 1. The SMILES string of the molecule is CNCC(O)CN1CC(C)CC1C. The second-order valence-corrected chi connectivity index (χ2v) is 4.36. The van der Waals surface area contributed by atoms with Crippen molar-refractivity contribution < 1.29 is 5.11 Å². The monoisotopic (exact) mass is 186 g/mol. The summed E-state index contributed by atoms with van der Waals surface area (Å²) < 4.78 is 0. The van der Waals surface area contributed by atoms with Crippen molar-refractivity contribution in [1.82, 2.24) is 10.2 Å². The molecule has 0 amide bonds. The second-order valence-electron chi connectivity index (χ2n) is 4.36. The van der Waals surface area contributed by atoms with E-state index in [2.05, 4.69) is 24.1 Å². The molecule has 0 saturated carbocycles. The molecule has 3 nitrogen and oxygen atoms in total. The first-order valence-corrected chi connectivity index (χ1v) is 5.20. The molecular weight excluding hydrogens is 164 g/mol. The van der Waals surface area contributed by atoms with Crippen LogP contribution in [0.1, 0.15) is 20.3 Å². The van der Waals surface area contributed by atoms with E-state index < -0.39 is 0 Å². The van der Waals surface area contributed by atoms with Crippen LogP contribution in [-0.2, 0) is 0 Å². The average molecular weight is 186 g/mol. The number of likely N-dealkylation sites (tertiary alicyclic amines) is 1. The van der Waals surface area contributed by atoms with Crippen LogP contribution in [0.2, 0.25) is 0 Å². The Morgan fingerprint density at radius 3 is 2.69 bits per heavy atom. The first kappa shape index (κ1) is 11.0. The highest BCUT2D eigenvalue weighted by Gasteiger charge is 2.26. The highest BCUT2D eigenvalue weighted by molar-refractivity contribution is 4.81. The summed E-state index contributed by atoms with van der Waals surface area (Å²) >= 11 is 0. The summed E-state index contributed by atoms with van der Waals surface area (Å²) in [4.78, 5) is 2.38. The maximum atomic E-state index is 9.61. The van der Waals surface area contributed by atoms with Crippen molar-refractivity contribution in [3.63, 3.8) is 0 Å². The predicted molar refractivity (Wildman–Crippen MR) is 54.7 cm³/mol. The van der Waals surface area contributed by atoms with Gasteiger partial charge in [-0.25, -0.2) is 0 Å². The van der Waals surface area contributed by atoms with Crippen molar-refractivity contribution in [2.45, 2.75) is 32.4 Å². The van der Waals surface area contributed by atoms with E-state index in [0.29, 0.717) is 12.6 Å². The number of rotatable bonds is 4. The van der Waals surface area contributed by atoms with Gasteiger partial charge < -0.3 is 10.4 Å². The van der Waals surface area contributed by atoms with Gasteiger partial charge in [-0.15, -0.1) is 0 Å². The lowest BCUT2D eigenvalue weighted by Gasteiger charge is -2.23. The van der Waals surface area contributed by atoms with Crippen molar-refractivity contribution in [2.24, 2.45) is 5.92 Å². The Morgan fingerprint density at radius 1 is 1.54 bits per heavy atom. The van der Waals surface area contributed by atoms with E-state index >= 15 is 0 Å². The molecular formula is C10H22N2O. The summed E-state index contributed by atoms with van der Waals surface area (Å²) in [5, 5.41) is 12.6. The summed E-state index contributed by atoms with van der Waals surface area (Å²) in [7, 11) is 1.87. The van der Waals surface area contributed by atoms with E-state index in [4.69, 9.17) is 0 Å². The standard InChI is InChI=1S/C10H22N2O/c1-8-4-9(2)12(6-8)7-10(13)5-11-3/h8-11,13H,4-7H2,1-3H3. The molecule has 0 radical (unpaired) electrons.